The van der Waals surface area contributed by atoms with E-state index in [4.69, 9.17) is 4.74 Å². The van der Waals surface area contributed by atoms with Gasteiger partial charge in [0, 0.05) is 30.9 Å². The highest BCUT2D eigenvalue weighted by molar-refractivity contribution is 5.90. The van der Waals surface area contributed by atoms with Crippen LogP contribution in [0.15, 0.2) is 65.7 Å². The molecule has 0 saturated carbocycles. The zero-order chi connectivity index (χ0) is 21.8. The second kappa shape index (κ2) is 8.78. The van der Waals surface area contributed by atoms with Crippen LogP contribution in [0.3, 0.4) is 0 Å². The highest BCUT2D eigenvalue weighted by atomic mass is 19.1. The zero-order valence-electron chi connectivity index (χ0n) is 16.8. The van der Waals surface area contributed by atoms with Gasteiger partial charge >= 0.3 is 5.56 Å². The standard InChI is InChI=1S/C22H20FN5O3/c1-31-18-10-8-16(9-11-18)24-20(29)7-3-6-19-25-26-21-22(30)27(12-13-28(19)21)17-5-2-4-15(23)14-17/h2,4-5,8-14H,3,6-7H2,1H3,(H,24,29). The Kier molecular flexibility index (Phi) is 5.74. The third-order valence-corrected chi connectivity index (χ3v) is 4.81. The second-order valence-corrected chi connectivity index (χ2v) is 6.89. The fourth-order valence-electron chi connectivity index (χ4n) is 3.24. The van der Waals surface area contributed by atoms with E-state index in [-0.39, 0.29) is 11.6 Å². The molecular formula is C22H20FN5O3. The molecule has 0 spiro atoms. The van der Waals surface area contributed by atoms with E-state index in [1.165, 1.54) is 22.8 Å². The monoisotopic (exact) mass is 421 g/mol. The smallest absolute Gasteiger partial charge is 0.300 e. The van der Waals surface area contributed by atoms with Crippen molar-refractivity contribution in [2.75, 3.05) is 12.4 Å². The molecule has 0 radical (unpaired) electrons. The summed E-state index contributed by atoms with van der Waals surface area (Å²) in [6.45, 7) is 0. The first kappa shape index (κ1) is 20.3. The first-order valence-corrected chi connectivity index (χ1v) is 9.70. The van der Waals surface area contributed by atoms with Crippen molar-refractivity contribution in [3.05, 3.63) is 82.9 Å². The van der Waals surface area contributed by atoms with E-state index in [1.807, 2.05) is 0 Å². The maximum atomic E-state index is 13.5. The molecule has 1 N–H and O–H groups in total. The van der Waals surface area contributed by atoms with E-state index in [0.717, 1.165) is 0 Å². The van der Waals surface area contributed by atoms with Gasteiger partial charge in [0.15, 0.2) is 0 Å². The van der Waals surface area contributed by atoms with Crippen LogP contribution in [-0.4, -0.2) is 32.2 Å². The number of aromatic nitrogens is 4. The Labute approximate surface area is 176 Å². The molecule has 2 aromatic carbocycles. The molecule has 0 fully saturated rings. The Hall–Kier alpha value is -4.01. The number of methoxy groups -OCH3 is 1. The topological polar surface area (TPSA) is 90.5 Å². The maximum absolute atomic E-state index is 13.5. The third kappa shape index (κ3) is 4.45. The van der Waals surface area contributed by atoms with Crippen LogP contribution in [0.1, 0.15) is 18.7 Å². The first-order chi connectivity index (χ1) is 15.0. The van der Waals surface area contributed by atoms with Crippen LogP contribution in [0, 0.1) is 5.82 Å². The Morgan fingerprint density at radius 1 is 1.13 bits per heavy atom. The van der Waals surface area contributed by atoms with Crippen molar-refractivity contribution in [1.29, 1.82) is 0 Å². The summed E-state index contributed by atoms with van der Waals surface area (Å²) in [6, 6.07) is 12.8. The molecule has 4 aromatic rings. The van der Waals surface area contributed by atoms with E-state index in [2.05, 4.69) is 15.5 Å². The molecule has 8 nitrogen and oxygen atoms in total. The summed E-state index contributed by atoms with van der Waals surface area (Å²) in [5.41, 5.74) is 0.845. The van der Waals surface area contributed by atoms with Crippen LogP contribution in [-0.2, 0) is 11.2 Å². The molecule has 0 aliphatic carbocycles. The highest BCUT2D eigenvalue weighted by Crippen LogP contribution is 2.15. The average molecular weight is 421 g/mol. The van der Waals surface area contributed by atoms with Crippen LogP contribution in [0.25, 0.3) is 11.3 Å². The predicted molar refractivity (Wildman–Crippen MR) is 113 cm³/mol. The van der Waals surface area contributed by atoms with Crippen molar-refractivity contribution in [3.63, 3.8) is 0 Å². The van der Waals surface area contributed by atoms with Crippen molar-refractivity contribution < 1.29 is 13.9 Å². The van der Waals surface area contributed by atoms with Crippen molar-refractivity contribution in [1.82, 2.24) is 19.2 Å². The molecule has 0 aliphatic heterocycles. The first-order valence-electron chi connectivity index (χ1n) is 9.70. The molecule has 158 valence electrons. The van der Waals surface area contributed by atoms with Crippen molar-refractivity contribution in [3.8, 4) is 11.4 Å². The van der Waals surface area contributed by atoms with Crippen molar-refractivity contribution in [2.45, 2.75) is 19.3 Å². The molecule has 0 bridgehead atoms. The number of fused-ring (bicyclic) bond motifs is 1. The number of carbonyl (C=O) groups excluding carboxylic acids is 1. The third-order valence-electron chi connectivity index (χ3n) is 4.81. The summed E-state index contributed by atoms with van der Waals surface area (Å²) in [4.78, 5) is 24.9. The normalized spacial score (nSPS) is 10.9. The van der Waals surface area contributed by atoms with E-state index < -0.39 is 11.4 Å². The minimum absolute atomic E-state index is 0.118. The number of hydrogen-bond acceptors (Lipinski definition) is 5. The second-order valence-electron chi connectivity index (χ2n) is 6.89. The van der Waals surface area contributed by atoms with Crippen LogP contribution in [0.5, 0.6) is 5.75 Å². The van der Waals surface area contributed by atoms with Gasteiger partial charge in [-0.1, -0.05) is 6.07 Å². The van der Waals surface area contributed by atoms with E-state index in [0.29, 0.717) is 42.2 Å². The lowest BCUT2D eigenvalue weighted by atomic mass is 10.2. The van der Waals surface area contributed by atoms with Gasteiger partial charge in [-0.25, -0.2) is 4.39 Å². The summed E-state index contributed by atoms with van der Waals surface area (Å²) in [7, 11) is 1.58. The molecule has 0 unspecified atom stereocenters. The molecule has 4 rings (SSSR count). The zero-order valence-corrected chi connectivity index (χ0v) is 16.8. The molecule has 0 atom stereocenters. The lowest BCUT2D eigenvalue weighted by Crippen LogP contribution is -2.20. The number of benzene rings is 2. The SMILES string of the molecule is COc1ccc(NC(=O)CCCc2nnc3c(=O)n(-c4cccc(F)c4)ccn23)cc1. The largest absolute Gasteiger partial charge is 0.497 e. The Morgan fingerprint density at radius 2 is 1.94 bits per heavy atom. The molecular weight excluding hydrogens is 401 g/mol. The predicted octanol–water partition coefficient (Wildman–Crippen LogP) is 2.99. The fraction of sp³-hybridized carbons (Fsp3) is 0.182. The molecule has 31 heavy (non-hydrogen) atoms. The van der Waals surface area contributed by atoms with Gasteiger partial charge < -0.3 is 10.1 Å². The average Bonchev–Trinajstić information content (AvgIpc) is 3.18. The van der Waals surface area contributed by atoms with Gasteiger partial charge in [-0.05, 0) is 48.9 Å². The molecule has 0 aliphatic rings. The van der Waals surface area contributed by atoms with Crippen LogP contribution in [0.4, 0.5) is 10.1 Å². The van der Waals surface area contributed by atoms with Gasteiger partial charge in [0.25, 0.3) is 0 Å². The number of nitrogens with zero attached hydrogens (tertiary/aromatic N) is 4. The van der Waals surface area contributed by atoms with E-state index >= 15 is 0 Å². The minimum Gasteiger partial charge on any atom is -0.497 e. The summed E-state index contributed by atoms with van der Waals surface area (Å²) >= 11 is 0. The number of hydrogen-bond donors (Lipinski definition) is 1. The van der Waals surface area contributed by atoms with Gasteiger partial charge in [0.2, 0.25) is 11.6 Å². The van der Waals surface area contributed by atoms with Crippen molar-refractivity contribution in [2.24, 2.45) is 0 Å². The number of halogens is 1. The minimum atomic E-state index is -0.431. The number of amides is 1. The number of anilines is 1. The Balaban J connectivity index is 1.41. The summed E-state index contributed by atoms with van der Waals surface area (Å²) in [5, 5.41) is 10.9. The Morgan fingerprint density at radius 3 is 2.68 bits per heavy atom. The summed E-state index contributed by atoms with van der Waals surface area (Å²) < 4.78 is 21.5. The number of nitrogens with one attached hydrogen (secondary N) is 1. The van der Waals surface area contributed by atoms with Gasteiger partial charge in [0.05, 0.1) is 12.8 Å². The van der Waals surface area contributed by atoms with Gasteiger partial charge in [-0.3, -0.25) is 18.6 Å². The lowest BCUT2D eigenvalue weighted by Gasteiger charge is -2.07. The number of carbonyl (C=O) groups is 1. The quantitative estimate of drug-likeness (QED) is 0.495. The van der Waals surface area contributed by atoms with Crippen LogP contribution in [0.2, 0.25) is 0 Å². The van der Waals surface area contributed by atoms with Gasteiger partial charge in [0.1, 0.15) is 17.4 Å². The van der Waals surface area contributed by atoms with E-state index in [9.17, 15) is 14.0 Å². The lowest BCUT2D eigenvalue weighted by molar-refractivity contribution is -0.116. The molecule has 1 amide bonds. The number of aryl methyl sites for hydroxylation is 1. The number of rotatable bonds is 7. The fourth-order valence-corrected chi connectivity index (χ4v) is 3.24. The molecule has 9 heteroatoms. The van der Waals surface area contributed by atoms with Gasteiger partial charge in [-0.15, -0.1) is 10.2 Å². The Bertz CT molecular complexity index is 1280. The van der Waals surface area contributed by atoms with Crippen LogP contribution >= 0.6 is 0 Å². The summed E-state index contributed by atoms with van der Waals surface area (Å²) in [6.07, 6.45) is 4.51. The van der Waals surface area contributed by atoms with E-state index in [1.54, 1.807) is 54.2 Å². The number of ether oxygens (including phenoxy) is 1. The van der Waals surface area contributed by atoms with Crippen LogP contribution < -0.4 is 15.6 Å². The van der Waals surface area contributed by atoms with Gasteiger partial charge in [-0.2, -0.15) is 0 Å². The molecule has 2 heterocycles. The maximum Gasteiger partial charge on any atom is 0.300 e. The summed E-state index contributed by atoms with van der Waals surface area (Å²) in [5.74, 6) is 0.746. The van der Waals surface area contributed by atoms with Crippen molar-refractivity contribution >= 4 is 17.2 Å². The molecule has 0 saturated heterocycles. The molecule has 2 aromatic heterocycles. The highest BCUT2D eigenvalue weighted by Gasteiger charge is 2.12.